The van der Waals surface area contributed by atoms with Gasteiger partial charge in [-0.3, -0.25) is 9.59 Å². The Morgan fingerprint density at radius 3 is 2.61 bits per heavy atom. The fraction of sp³-hybridized carbons (Fsp3) is 0.222. The van der Waals surface area contributed by atoms with Crippen molar-refractivity contribution in [3.05, 3.63) is 65.2 Å². The Bertz CT molecular complexity index is 733. The molecule has 23 heavy (non-hydrogen) atoms. The molecule has 118 valence electrons. The molecule has 2 aromatic carbocycles. The van der Waals surface area contributed by atoms with Crippen LogP contribution in [0.25, 0.3) is 0 Å². The van der Waals surface area contributed by atoms with Gasteiger partial charge >= 0.3 is 0 Å². The molecule has 0 radical (unpaired) electrons. The van der Waals surface area contributed by atoms with E-state index >= 15 is 0 Å². The second-order valence-electron chi connectivity index (χ2n) is 5.67. The van der Waals surface area contributed by atoms with Gasteiger partial charge in [0.25, 0.3) is 0 Å². The summed E-state index contributed by atoms with van der Waals surface area (Å²) in [5.41, 5.74) is 1.60. The first-order valence-electron chi connectivity index (χ1n) is 7.43. The van der Waals surface area contributed by atoms with E-state index in [4.69, 9.17) is 11.6 Å². The molecule has 5 heteroatoms. The highest BCUT2D eigenvalue weighted by Gasteiger charge is 2.42. The minimum atomic E-state index is -0.422. The Kier molecular flexibility index (Phi) is 4.35. The van der Waals surface area contributed by atoms with Crippen molar-refractivity contribution in [2.75, 3.05) is 12.4 Å². The lowest BCUT2D eigenvalue weighted by Gasteiger charge is -2.25. The highest BCUT2D eigenvalue weighted by molar-refractivity contribution is 6.30. The third kappa shape index (κ3) is 3.22. The van der Waals surface area contributed by atoms with E-state index in [0.29, 0.717) is 10.7 Å². The molecule has 0 aromatic heterocycles. The standard InChI is InChI=1S/C18H17ClN2O2/c1-21-16(22)11-15(17(21)12-6-3-2-4-7-12)18(23)20-14-9-5-8-13(19)10-14/h2-10,15,17H,11H2,1H3,(H,20,23)/t15-,17-/m0/s1. The number of carbonyl (C=O) groups excluding carboxylic acids is 2. The maximum Gasteiger partial charge on any atom is 0.230 e. The summed E-state index contributed by atoms with van der Waals surface area (Å²) in [5.74, 6) is -0.613. The normalized spacial score (nSPS) is 20.6. The summed E-state index contributed by atoms with van der Waals surface area (Å²) in [7, 11) is 1.74. The molecule has 3 rings (SSSR count). The summed E-state index contributed by atoms with van der Waals surface area (Å²) >= 11 is 5.95. The predicted molar refractivity (Wildman–Crippen MR) is 90.1 cm³/mol. The molecule has 2 amide bonds. The number of benzene rings is 2. The van der Waals surface area contributed by atoms with Gasteiger partial charge in [-0.05, 0) is 23.8 Å². The molecule has 1 aliphatic rings. The van der Waals surface area contributed by atoms with Crippen LogP contribution in [0.2, 0.25) is 5.02 Å². The maximum absolute atomic E-state index is 12.7. The van der Waals surface area contributed by atoms with Crippen molar-refractivity contribution >= 4 is 29.1 Å². The summed E-state index contributed by atoms with van der Waals surface area (Å²) in [4.78, 5) is 26.4. The van der Waals surface area contributed by atoms with Crippen LogP contribution in [0.15, 0.2) is 54.6 Å². The van der Waals surface area contributed by atoms with E-state index in [1.54, 1.807) is 36.2 Å². The topological polar surface area (TPSA) is 49.4 Å². The molecule has 0 bridgehead atoms. The molecule has 1 N–H and O–H groups in total. The van der Waals surface area contributed by atoms with E-state index in [1.165, 1.54) is 0 Å². The summed E-state index contributed by atoms with van der Waals surface area (Å²) in [5, 5.41) is 3.42. The van der Waals surface area contributed by atoms with Crippen molar-refractivity contribution in [3.8, 4) is 0 Å². The molecule has 0 saturated carbocycles. The zero-order valence-electron chi connectivity index (χ0n) is 12.7. The average molecular weight is 329 g/mol. The SMILES string of the molecule is CN1C(=O)C[C@H](C(=O)Nc2cccc(Cl)c2)[C@@H]1c1ccccc1. The molecule has 4 nitrogen and oxygen atoms in total. The van der Waals surface area contributed by atoms with Crippen LogP contribution in [0.4, 0.5) is 5.69 Å². The predicted octanol–water partition coefficient (Wildman–Crippen LogP) is 3.50. The smallest absolute Gasteiger partial charge is 0.230 e. The van der Waals surface area contributed by atoms with Gasteiger partial charge in [0, 0.05) is 24.2 Å². The number of nitrogens with one attached hydrogen (secondary N) is 1. The number of hydrogen-bond donors (Lipinski definition) is 1. The summed E-state index contributed by atoms with van der Waals surface area (Å²) in [6.07, 6.45) is 0.211. The van der Waals surface area contributed by atoms with Gasteiger partial charge in [-0.2, -0.15) is 0 Å². The molecule has 1 aliphatic heterocycles. The monoisotopic (exact) mass is 328 g/mol. The minimum absolute atomic E-state index is 0.0231. The van der Waals surface area contributed by atoms with Crippen LogP contribution in [-0.4, -0.2) is 23.8 Å². The first-order valence-corrected chi connectivity index (χ1v) is 7.81. The number of amides is 2. The molecule has 1 saturated heterocycles. The number of carbonyl (C=O) groups is 2. The zero-order valence-corrected chi connectivity index (χ0v) is 13.5. The van der Waals surface area contributed by atoms with Gasteiger partial charge in [0.15, 0.2) is 0 Å². The molecular weight excluding hydrogens is 312 g/mol. The Labute approximate surface area is 140 Å². The molecular formula is C18H17ClN2O2. The van der Waals surface area contributed by atoms with Gasteiger partial charge in [-0.25, -0.2) is 0 Å². The van der Waals surface area contributed by atoms with E-state index in [0.717, 1.165) is 5.56 Å². The first-order chi connectivity index (χ1) is 11.1. The number of nitrogens with zero attached hydrogens (tertiary/aromatic N) is 1. The number of hydrogen-bond acceptors (Lipinski definition) is 2. The Balaban J connectivity index is 1.84. The van der Waals surface area contributed by atoms with Crippen LogP contribution in [-0.2, 0) is 9.59 Å². The second kappa shape index (κ2) is 6.42. The van der Waals surface area contributed by atoms with Gasteiger partial charge in [0.2, 0.25) is 11.8 Å². The molecule has 0 unspecified atom stereocenters. The van der Waals surface area contributed by atoms with Crippen molar-refractivity contribution in [2.24, 2.45) is 5.92 Å². The van der Waals surface area contributed by atoms with Crippen molar-refractivity contribution in [1.29, 1.82) is 0 Å². The lowest BCUT2D eigenvalue weighted by Crippen LogP contribution is -2.30. The van der Waals surface area contributed by atoms with E-state index in [9.17, 15) is 9.59 Å². The van der Waals surface area contributed by atoms with E-state index in [1.807, 2.05) is 30.3 Å². The third-order valence-corrected chi connectivity index (χ3v) is 4.39. The van der Waals surface area contributed by atoms with Gasteiger partial charge in [0.1, 0.15) is 0 Å². The molecule has 2 atom stereocenters. The van der Waals surface area contributed by atoms with Crippen molar-refractivity contribution in [1.82, 2.24) is 4.90 Å². The first kappa shape index (κ1) is 15.6. The fourth-order valence-corrected chi connectivity index (χ4v) is 3.20. The lowest BCUT2D eigenvalue weighted by molar-refractivity contribution is -0.127. The summed E-state index contributed by atoms with van der Waals surface area (Å²) in [6.45, 7) is 0. The average Bonchev–Trinajstić information content (AvgIpc) is 2.84. The maximum atomic E-state index is 12.7. The summed E-state index contributed by atoms with van der Waals surface area (Å²) in [6, 6.07) is 16.4. The zero-order chi connectivity index (χ0) is 16.4. The summed E-state index contributed by atoms with van der Waals surface area (Å²) < 4.78 is 0. The van der Waals surface area contributed by atoms with Crippen LogP contribution in [0.1, 0.15) is 18.0 Å². The molecule has 1 fully saturated rings. The number of likely N-dealkylation sites (tertiary alicyclic amines) is 1. The number of halogens is 1. The Morgan fingerprint density at radius 2 is 1.91 bits per heavy atom. The molecule has 2 aromatic rings. The van der Waals surface area contributed by atoms with Gasteiger partial charge in [-0.1, -0.05) is 48.0 Å². The minimum Gasteiger partial charge on any atom is -0.338 e. The number of rotatable bonds is 3. The lowest BCUT2D eigenvalue weighted by atomic mass is 9.93. The van der Waals surface area contributed by atoms with Crippen LogP contribution >= 0.6 is 11.6 Å². The largest absolute Gasteiger partial charge is 0.338 e. The van der Waals surface area contributed by atoms with E-state index in [-0.39, 0.29) is 24.3 Å². The van der Waals surface area contributed by atoms with Crippen molar-refractivity contribution < 1.29 is 9.59 Å². The van der Waals surface area contributed by atoms with Gasteiger partial charge in [0.05, 0.1) is 12.0 Å². The van der Waals surface area contributed by atoms with E-state index in [2.05, 4.69) is 5.32 Å². The van der Waals surface area contributed by atoms with Crippen molar-refractivity contribution in [3.63, 3.8) is 0 Å². The highest BCUT2D eigenvalue weighted by Crippen LogP contribution is 2.37. The number of anilines is 1. The molecule has 0 aliphatic carbocycles. The van der Waals surface area contributed by atoms with E-state index < -0.39 is 5.92 Å². The van der Waals surface area contributed by atoms with Crippen LogP contribution in [0, 0.1) is 5.92 Å². The molecule has 1 heterocycles. The quantitative estimate of drug-likeness (QED) is 0.937. The van der Waals surface area contributed by atoms with Gasteiger partial charge < -0.3 is 10.2 Å². The van der Waals surface area contributed by atoms with Crippen LogP contribution in [0.3, 0.4) is 0 Å². The highest BCUT2D eigenvalue weighted by atomic mass is 35.5. The van der Waals surface area contributed by atoms with Crippen molar-refractivity contribution in [2.45, 2.75) is 12.5 Å². The Morgan fingerprint density at radius 1 is 1.17 bits per heavy atom. The second-order valence-corrected chi connectivity index (χ2v) is 6.11. The van der Waals surface area contributed by atoms with Crippen LogP contribution in [0.5, 0.6) is 0 Å². The molecule has 0 spiro atoms. The fourth-order valence-electron chi connectivity index (χ4n) is 3.01. The third-order valence-electron chi connectivity index (χ3n) is 4.16. The van der Waals surface area contributed by atoms with Gasteiger partial charge in [-0.15, -0.1) is 0 Å². The van der Waals surface area contributed by atoms with Crippen LogP contribution < -0.4 is 5.32 Å². The Hall–Kier alpha value is -2.33.